The van der Waals surface area contributed by atoms with Crippen molar-refractivity contribution in [2.24, 2.45) is 5.92 Å². The maximum absolute atomic E-state index is 11.8. The van der Waals surface area contributed by atoms with E-state index >= 15 is 0 Å². The van der Waals surface area contributed by atoms with Gasteiger partial charge in [-0.25, -0.2) is 4.79 Å². The van der Waals surface area contributed by atoms with Gasteiger partial charge in [0.15, 0.2) is 5.75 Å². The Kier molecular flexibility index (Phi) is 7.02. The van der Waals surface area contributed by atoms with Gasteiger partial charge in [0.1, 0.15) is 11.3 Å². The number of nitrogens with one attached hydrogen (secondary N) is 1. The third-order valence-electron chi connectivity index (χ3n) is 3.64. The van der Waals surface area contributed by atoms with Crippen LogP contribution in [0.4, 0.5) is 4.79 Å². The first-order valence-electron chi connectivity index (χ1n) is 9.11. The molecule has 0 spiro atoms. The lowest BCUT2D eigenvalue weighted by Crippen LogP contribution is -2.34. The van der Waals surface area contributed by atoms with Crippen LogP contribution in [0.2, 0.25) is 0 Å². The van der Waals surface area contributed by atoms with Crippen molar-refractivity contribution < 1.29 is 23.8 Å². The van der Waals surface area contributed by atoms with Crippen molar-refractivity contribution in [3.63, 3.8) is 0 Å². The largest absolute Gasteiger partial charge is 0.444 e. The number of esters is 1. The van der Waals surface area contributed by atoms with Crippen LogP contribution in [0.25, 0.3) is 0 Å². The Morgan fingerprint density at radius 1 is 1.31 bits per heavy atom. The lowest BCUT2D eigenvalue weighted by atomic mass is 10.2. The SMILES string of the molecule is CCc1nn(CCOCCNC(=O)OC(C)(C)C)cc1OC(=O)C1CC1. The van der Waals surface area contributed by atoms with Gasteiger partial charge in [-0.1, -0.05) is 6.92 Å². The molecule has 1 saturated carbocycles. The number of carbonyl (C=O) groups excluding carboxylic acids is 2. The minimum atomic E-state index is -0.511. The number of ether oxygens (including phenoxy) is 3. The number of nitrogens with zero attached hydrogens (tertiary/aromatic N) is 2. The molecule has 0 aliphatic heterocycles. The van der Waals surface area contributed by atoms with Gasteiger partial charge in [0.2, 0.25) is 0 Å². The smallest absolute Gasteiger partial charge is 0.407 e. The Labute approximate surface area is 154 Å². The van der Waals surface area contributed by atoms with Gasteiger partial charge in [-0.15, -0.1) is 0 Å². The van der Waals surface area contributed by atoms with Gasteiger partial charge in [-0.05, 0) is 40.0 Å². The van der Waals surface area contributed by atoms with Crippen LogP contribution < -0.4 is 10.1 Å². The zero-order valence-corrected chi connectivity index (χ0v) is 16.0. The Morgan fingerprint density at radius 3 is 2.65 bits per heavy atom. The van der Waals surface area contributed by atoms with E-state index in [2.05, 4.69) is 10.4 Å². The second-order valence-electron chi connectivity index (χ2n) is 7.29. The molecule has 1 amide bonds. The van der Waals surface area contributed by atoms with Crippen LogP contribution in [0, 0.1) is 5.92 Å². The van der Waals surface area contributed by atoms with Gasteiger partial charge < -0.3 is 19.5 Å². The lowest BCUT2D eigenvalue weighted by molar-refractivity contribution is -0.135. The van der Waals surface area contributed by atoms with Crippen LogP contribution in [0.1, 0.15) is 46.2 Å². The van der Waals surface area contributed by atoms with Crippen molar-refractivity contribution in [2.75, 3.05) is 19.8 Å². The first kappa shape index (κ1) is 20.2. The van der Waals surface area contributed by atoms with E-state index in [9.17, 15) is 9.59 Å². The Hall–Kier alpha value is -2.09. The van der Waals surface area contributed by atoms with Crippen LogP contribution in [0.3, 0.4) is 0 Å². The average Bonchev–Trinajstić information content (AvgIpc) is 3.32. The zero-order chi connectivity index (χ0) is 19.2. The zero-order valence-electron chi connectivity index (χ0n) is 16.0. The molecule has 0 bridgehead atoms. The van der Waals surface area contributed by atoms with E-state index in [4.69, 9.17) is 14.2 Å². The molecule has 0 saturated heterocycles. The molecule has 1 N–H and O–H groups in total. The standard InChI is InChI=1S/C18H29N3O5/c1-5-14-15(25-16(22)13-6-7-13)12-21(20-14)9-11-24-10-8-19-17(23)26-18(2,3)4/h12-13H,5-11H2,1-4H3,(H,19,23). The number of carbonyl (C=O) groups is 2. The van der Waals surface area contributed by atoms with Gasteiger partial charge in [0.25, 0.3) is 0 Å². The van der Waals surface area contributed by atoms with Crippen molar-refractivity contribution in [1.29, 1.82) is 0 Å². The van der Waals surface area contributed by atoms with Crippen LogP contribution in [-0.4, -0.2) is 47.2 Å². The topological polar surface area (TPSA) is 91.7 Å². The summed E-state index contributed by atoms with van der Waals surface area (Å²) in [7, 11) is 0. The fourth-order valence-corrected chi connectivity index (χ4v) is 2.20. The molecule has 8 nitrogen and oxygen atoms in total. The molecule has 2 rings (SSSR count). The third-order valence-corrected chi connectivity index (χ3v) is 3.64. The van der Waals surface area contributed by atoms with Gasteiger partial charge in [0, 0.05) is 6.54 Å². The van der Waals surface area contributed by atoms with Crippen LogP contribution in [0.5, 0.6) is 5.75 Å². The van der Waals surface area contributed by atoms with Crippen molar-refractivity contribution in [1.82, 2.24) is 15.1 Å². The summed E-state index contributed by atoms with van der Waals surface area (Å²) in [5.41, 5.74) is 0.258. The molecule has 26 heavy (non-hydrogen) atoms. The summed E-state index contributed by atoms with van der Waals surface area (Å²) in [6.45, 7) is 9.15. The summed E-state index contributed by atoms with van der Waals surface area (Å²) < 4.78 is 17.8. The summed E-state index contributed by atoms with van der Waals surface area (Å²) in [5, 5.41) is 7.05. The van der Waals surface area contributed by atoms with Crippen LogP contribution in [0.15, 0.2) is 6.20 Å². The van der Waals surface area contributed by atoms with Crippen molar-refractivity contribution in [3.05, 3.63) is 11.9 Å². The predicted molar refractivity (Wildman–Crippen MR) is 95.0 cm³/mol. The van der Waals surface area contributed by atoms with Crippen molar-refractivity contribution in [2.45, 2.75) is 59.1 Å². The predicted octanol–water partition coefficient (Wildman–Crippen LogP) is 2.30. The molecule has 146 valence electrons. The number of amides is 1. The molecular weight excluding hydrogens is 338 g/mol. The molecule has 1 heterocycles. The normalized spacial score (nSPS) is 14.2. The first-order valence-corrected chi connectivity index (χ1v) is 9.11. The highest BCUT2D eigenvalue weighted by Gasteiger charge is 2.32. The number of aryl methyl sites for hydroxylation is 1. The molecule has 1 aromatic heterocycles. The summed E-state index contributed by atoms with van der Waals surface area (Å²) >= 11 is 0. The number of aromatic nitrogens is 2. The minimum absolute atomic E-state index is 0.0591. The molecule has 0 aromatic carbocycles. The van der Waals surface area contributed by atoms with E-state index in [1.54, 1.807) is 10.9 Å². The highest BCUT2D eigenvalue weighted by Crippen LogP contribution is 2.31. The monoisotopic (exact) mass is 367 g/mol. The van der Waals surface area contributed by atoms with E-state index in [0.717, 1.165) is 18.5 Å². The Bertz CT molecular complexity index is 617. The second-order valence-corrected chi connectivity index (χ2v) is 7.29. The molecular formula is C18H29N3O5. The molecule has 1 aliphatic carbocycles. The lowest BCUT2D eigenvalue weighted by Gasteiger charge is -2.19. The molecule has 8 heteroatoms. The van der Waals surface area contributed by atoms with Gasteiger partial charge in [0.05, 0.1) is 31.9 Å². The fourth-order valence-electron chi connectivity index (χ4n) is 2.20. The summed E-state index contributed by atoms with van der Waals surface area (Å²) in [5.74, 6) is 0.434. The van der Waals surface area contributed by atoms with E-state index in [1.165, 1.54) is 0 Å². The second kappa shape index (κ2) is 9.02. The van der Waals surface area contributed by atoms with E-state index in [-0.39, 0.29) is 11.9 Å². The van der Waals surface area contributed by atoms with Gasteiger partial charge in [-0.2, -0.15) is 5.10 Å². The molecule has 0 radical (unpaired) electrons. The van der Waals surface area contributed by atoms with Crippen LogP contribution in [-0.2, 0) is 27.2 Å². The van der Waals surface area contributed by atoms with E-state index in [0.29, 0.717) is 38.5 Å². The maximum atomic E-state index is 11.8. The molecule has 1 fully saturated rings. The summed E-state index contributed by atoms with van der Waals surface area (Å²) in [6, 6.07) is 0. The molecule has 1 aliphatic rings. The molecule has 1 aromatic rings. The molecule has 0 unspecified atom stereocenters. The van der Waals surface area contributed by atoms with E-state index in [1.807, 2.05) is 27.7 Å². The quantitative estimate of drug-likeness (QED) is 0.532. The van der Waals surface area contributed by atoms with Gasteiger partial charge >= 0.3 is 12.1 Å². The van der Waals surface area contributed by atoms with E-state index < -0.39 is 11.7 Å². The molecule has 0 atom stereocenters. The Balaban J connectivity index is 1.65. The average molecular weight is 367 g/mol. The van der Waals surface area contributed by atoms with Crippen molar-refractivity contribution in [3.8, 4) is 5.75 Å². The Morgan fingerprint density at radius 2 is 2.04 bits per heavy atom. The highest BCUT2D eigenvalue weighted by molar-refractivity contribution is 5.77. The number of alkyl carbamates (subject to hydrolysis) is 1. The first-order chi connectivity index (χ1) is 12.3. The minimum Gasteiger partial charge on any atom is -0.444 e. The number of rotatable bonds is 9. The van der Waals surface area contributed by atoms with Crippen molar-refractivity contribution >= 4 is 12.1 Å². The van der Waals surface area contributed by atoms with Crippen LogP contribution >= 0.6 is 0 Å². The number of hydrogen-bond acceptors (Lipinski definition) is 6. The van der Waals surface area contributed by atoms with Gasteiger partial charge in [-0.3, -0.25) is 9.48 Å². The number of hydrogen-bond donors (Lipinski definition) is 1. The highest BCUT2D eigenvalue weighted by atomic mass is 16.6. The fraction of sp³-hybridized carbons (Fsp3) is 0.722. The third kappa shape index (κ3) is 7.03. The summed E-state index contributed by atoms with van der Waals surface area (Å²) in [6.07, 6.45) is 3.81. The summed E-state index contributed by atoms with van der Waals surface area (Å²) in [4.78, 5) is 23.3. The maximum Gasteiger partial charge on any atom is 0.407 e.